The lowest BCUT2D eigenvalue weighted by Gasteiger charge is -2.12. The fourth-order valence-electron chi connectivity index (χ4n) is 3.28. The molecule has 3 aromatic rings. The van der Waals surface area contributed by atoms with Gasteiger partial charge in [-0.15, -0.1) is 11.3 Å². The van der Waals surface area contributed by atoms with E-state index in [9.17, 15) is 14.4 Å². The fraction of sp³-hybridized carbons (Fsp3) is 0.120. The van der Waals surface area contributed by atoms with E-state index in [1.54, 1.807) is 48.7 Å². The molecular formula is C25H20N2O6S. The van der Waals surface area contributed by atoms with Crippen LogP contribution in [-0.4, -0.2) is 35.3 Å². The number of aromatic carboxylic acids is 1. The molecule has 0 saturated carbocycles. The van der Waals surface area contributed by atoms with Gasteiger partial charge in [-0.1, -0.05) is 12.1 Å². The van der Waals surface area contributed by atoms with Gasteiger partial charge >= 0.3 is 11.9 Å². The van der Waals surface area contributed by atoms with Gasteiger partial charge in [-0.25, -0.2) is 9.59 Å². The second kappa shape index (κ2) is 9.72. The number of anilines is 1. The number of carboxylic acid groups (broad SMARTS) is 1. The summed E-state index contributed by atoms with van der Waals surface area (Å²) < 4.78 is 11.2. The fourth-order valence-corrected chi connectivity index (χ4v) is 3.88. The summed E-state index contributed by atoms with van der Waals surface area (Å²) in [4.78, 5) is 36.9. The number of carbonyl (C=O) groups is 3. The maximum Gasteiger partial charge on any atom is 0.353 e. The maximum absolute atomic E-state index is 13.0. The Morgan fingerprint density at radius 2 is 1.88 bits per heavy atom. The molecule has 1 aliphatic rings. The van der Waals surface area contributed by atoms with Gasteiger partial charge in [-0.2, -0.15) is 10.1 Å². The summed E-state index contributed by atoms with van der Waals surface area (Å²) >= 11 is 1.29. The van der Waals surface area contributed by atoms with Crippen LogP contribution in [0.25, 0.3) is 6.08 Å². The molecule has 4 rings (SSSR count). The topological polar surface area (TPSA) is 106 Å². The molecule has 0 aliphatic carbocycles. The summed E-state index contributed by atoms with van der Waals surface area (Å²) in [5.41, 5.74) is 2.14. The van der Waals surface area contributed by atoms with Crippen LogP contribution < -0.4 is 14.5 Å². The maximum atomic E-state index is 13.0. The van der Waals surface area contributed by atoms with Crippen LogP contribution in [0.1, 0.15) is 39.4 Å². The number of esters is 1. The molecule has 2 heterocycles. The van der Waals surface area contributed by atoms with Gasteiger partial charge in [0.15, 0.2) is 11.5 Å². The molecule has 0 fully saturated rings. The molecule has 0 saturated heterocycles. The quantitative estimate of drug-likeness (QED) is 0.296. The number of carboxylic acids is 1. The number of benzene rings is 2. The Morgan fingerprint density at radius 1 is 1.12 bits per heavy atom. The highest BCUT2D eigenvalue weighted by Crippen LogP contribution is 2.32. The highest BCUT2D eigenvalue weighted by molar-refractivity contribution is 7.12. The Kier molecular flexibility index (Phi) is 6.55. The standard InChI is InChI=1S/C25H20N2O6S/c1-3-32-21-14-16(6-11-20(21)33-25(31)22-5-4-12-34-22)13-19-15(2)26-27(23(19)28)18-9-7-17(8-10-18)24(29)30/h4-14H,3H2,1-2H3,(H,29,30)/b19-13+. The molecule has 0 unspecified atom stereocenters. The molecule has 0 spiro atoms. The van der Waals surface area contributed by atoms with Crippen molar-refractivity contribution in [2.45, 2.75) is 13.8 Å². The molecule has 34 heavy (non-hydrogen) atoms. The van der Waals surface area contributed by atoms with Crippen molar-refractivity contribution >= 4 is 46.7 Å². The van der Waals surface area contributed by atoms with Crippen LogP contribution in [0.2, 0.25) is 0 Å². The molecule has 1 amide bonds. The number of thiophene rings is 1. The second-order valence-corrected chi connectivity index (χ2v) is 8.17. The summed E-state index contributed by atoms with van der Waals surface area (Å²) in [7, 11) is 0. The Labute approximate surface area is 199 Å². The minimum atomic E-state index is -1.05. The average molecular weight is 477 g/mol. The predicted molar refractivity (Wildman–Crippen MR) is 129 cm³/mol. The molecule has 9 heteroatoms. The Morgan fingerprint density at radius 3 is 2.53 bits per heavy atom. The van der Waals surface area contributed by atoms with E-state index in [0.29, 0.717) is 39.8 Å². The lowest BCUT2D eigenvalue weighted by molar-refractivity contribution is -0.114. The van der Waals surface area contributed by atoms with Gasteiger partial charge in [-0.3, -0.25) is 4.79 Å². The summed E-state index contributed by atoms with van der Waals surface area (Å²) in [6.07, 6.45) is 1.68. The van der Waals surface area contributed by atoms with Crippen LogP contribution in [-0.2, 0) is 4.79 Å². The van der Waals surface area contributed by atoms with E-state index in [-0.39, 0.29) is 17.2 Å². The first-order valence-corrected chi connectivity index (χ1v) is 11.2. The van der Waals surface area contributed by atoms with E-state index in [0.717, 1.165) is 0 Å². The summed E-state index contributed by atoms with van der Waals surface area (Å²) in [5, 5.41) is 16.4. The molecule has 2 aromatic carbocycles. The van der Waals surface area contributed by atoms with Gasteiger partial charge < -0.3 is 14.6 Å². The number of hydrazone groups is 1. The van der Waals surface area contributed by atoms with Gasteiger partial charge in [0.25, 0.3) is 5.91 Å². The van der Waals surface area contributed by atoms with E-state index >= 15 is 0 Å². The number of amides is 1. The predicted octanol–water partition coefficient (Wildman–Crippen LogP) is 4.87. The van der Waals surface area contributed by atoms with Crippen LogP contribution in [0.4, 0.5) is 5.69 Å². The number of carbonyl (C=O) groups excluding carboxylic acids is 2. The van der Waals surface area contributed by atoms with Crippen LogP contribution in [0, 0.1) is 0 Å². The molecule has 0 bridgehead atoms. The third-order valence-electron chi connectivity index (χ3n) is 4.93. The van der Waals surface area contributed by atoms with Crippen molar-refractivity contribution < 1.29 is 29.0 Å². The van der Waals surface area contributed by atoms with E-state index in [4.69, 9.17) is 14.6 Å². The van der Waals surface area contributed by atoms with Gasteiger partial charge in [-0.05, 0) is 73.3 Å². The third kappa shape index (κ3) is 4.74. The lowest BCUT2D eigenvalue weighted by atomic mass is 10.1. The van der Waals surface area contributed by atoms with Crippen molar-refractivity contribution in [3.63, 3.8) is 0 Å². The van der Waals surface area contributed by atoms with Crippen molar-refractivity contribution in [3.8, 4) is 11.5 Å². The smallest absolute Gasteiger partial charge is 0.353 e. The zero-order valence-corrected chi connectivity index (χ0v) is 19.2. The molecule has 1 aromatic heterocycles. The number of rotatable bonds is 7. The first-order chi connectivity index (χ1) is 16.4. The molecule has 0 radical (unpaired) electrons. The zero-order chi connectivity index (χ0) is 24.2. The van der Waals surface area contributed by atoms with Crippen molar-refractivity contribution in [2.75, 3.05) is 11.6 Å². The average Bonchev–Trinajstić information content (AvgIpc) is 3.46. The van der Waals surface area contributed by atoms with E-state index < -0.39 is 11.9 Å². The largest absolute Gasteiger partial charge is 0.490 e. The molecule has 1 aliphatic heterocycles. The van der Waals surface area contributed by atoms with Crippen molar-refractivity contribution in [2.24, 2.45) is 5.10 Å². The SMILES string of the molecule is CCOc1cc(/C=C2/C(=O)N(c3ccc(C(=O)O)cc3)N=C2C)ccc1OC(=O)c1cccs1. The van der Waals surface area contributed by atoms with Crippen LogP contribution in [0.5, 0.6) is 11.5 Å². The summed E-state index contributed by atoms with van der Waals surface area (Å²) in [5.74, 6) is -1.20. The number of ether oxygens (including phenoxy) is 2. The van der Waals surface area contributed by atoms with E-state index in [1.165, 1.54) is 40.6 Å². The minimum absolute atomic E-state index is 0.121. The summed E-state index contributed by atoms with van der Waals surface area (Å²) in [6.45, 7) is 3.90. The second-order valence-electron chi connectivity index (χ2n) is 7.22. The lowest BCUT2D eigenvalue weighted by Crippen LogP contribution is -2.21. The van der Waals surface area contributed by atoms with E-state index in [2.05, 4.69) is 5.10 Å². The minimum Gasteiger partial charge on any atom is -0.490 e. The van der Waals surface area contributed by atoms with Gasteiger partial charge in [0.2, 0.25) is 0 Å². The normalized spacial score (nSPS) is 14.3. The van der Waals surface area contributed by atoms with Crippen LogP contribution in [0.15, 0.2) is 70.7 Å². The number of nitrogens with zero attached hydrogens (tertiary/aromatic N) is 2. The first-order valence-electron chi connectivity index (χ1n) is 10.3. The Hall–Kier alpha value is -4.24. The first kappa shape index (κ1) is 22.9. The van der Waals surface area contributed by atoms with Crippen LogP contribution in [0.3, 0.4) is 0 Å². The highest BCUT2D eigenvalue weighted by atomic mass is 32.1. The van der Waals surface area contributed by atoms with Gasteiger partial charge in [0.1, 0.15) is 4.88 Å². The molecule has 1 N–H and O–H groups in total. The molecule has 8 nitrogen and oxygen atoms in total. The third-order valence-corrected chi connectivity index (χ3v) is 5.77. The zero-order valence-electron chi connectivity index (χ0n) is 18.3. The van der Waals surface area contributed by atoms with Crippen LogP contribution >= 0.6 is 11.3 Å². The monoisotopic (exact) mass is 476 g/mol. The number of hydrogen-bond donors (Lipinski definition) is 1. The Bertz CT molecular complexity index is 1310. The molecule has 172 valence electrons. The van der Waals surface area contributed by atoms with Gasteiger partial charge in [0.05, 0.1) is 29.1 Å². The molecule has 0 atom stereocenters. The Balaban J connectivity index is 1.58. The highest BCUT2D eigenvalue weighted by Gasteiger charge is 2.29. The summed E-state index contributed by atoms with van der Waals surface area (Å²) in [6, 6.07) is 14.4. The molecular weight excluding hydrogens is 456 g/mol. The van der Waals surface area contributed by atoms with Crippen molar-refractivity contribution in [1.29, 1.82) is 0 Å². The van der Waals surface area contributed by atoms with Crippen molar-refractivity contribution in [1.82, 2.24) is 0 Å². The van der Waals surface area contributed by atoms with Crippen molar-refractivity contribution in [3.05, 3.63) is 81.6 Å². The number of hydrogen-bond acceptors (Lipinski definition) is 7. The van der Waals surface area contributed by atoms with E-state index in [1.807, 2.05) is 6.92 Å². The van der Waals surface area contributed by atoms with Gasteiger partial charge in [0, 0.05) is 0 Å².